The van der Waals surface area contributed by atoms with Crippen LogP contribution in [0.4, 0.5) is 0 Å². The first-order chi connectivity index (χ1) is 27.9. The molecule has 6 nitrogen and oxygen atoms in total. The van der Waals surface area contributed by atoms with Gasteiger partial charge in [0, 0.05) is 32.2 Å². The fraction of sp³-hybridized carbons (Fsp3) is 0.961. The van der Waals surface area contributed by atoms with Crippen molar-refractivity contribution < 1.29 is 19.1 Å². The molecule has 0 fully saturated rings. The fourth-order valence-electron chi connectivity index (χ4n) is 7.94. The molecule has 340 valence electrons. The third-order valence-corrected chi connectivity index (χ3v) is 12.0. The first-order valence-corrected chi connectivity index (χ1v) is 25.7. The topological polar surface area (TPSA) is 59.1 Å². The van der Waals surface area contributed by atoms with Gasteiger partial charge in [-0.2, -0.15) is 0 Å². The molecule has 0 aliphatic carbocycles. The van der Waals surface area contributed by atoms with Crippen LogP contribution in [0, 0.1) is 0 Å². The number of rotatable bonds is 47. The monoisotopic (exact) mass is 807 g/mol. The molecule has 0 heterocycles. The summed E-state index contributed by atoms with van der Waals surface area (Å²) in [6, 6.07) is 0.355. The van der Waals surface area contributed by atoms with Crippen molar-refractivity contribution in [2.45, 2.75) is 272 Å². The van der Waals surface area contributed by atoms with Gasteiger partial charge in [0.15, 0.2) is 0 Å². The van der Waals surface area contributed by atoms with Crippen LogP contribution in [0.25, 0.3) is 0 Å². The maximum atomic E-state index is 12.7. The van der Waals surface area contributed by atoms with Gasteiger partial charge in [0.2, 0.25) is 0 Å². The minimum atomic E-state index is -0.0679. The van der Waals surface area contributed by atoms with Gasteiger partial charge in [0.05, 0.1) is 26.1 Å². The van der Waals surface area contributed by atoms with E-state index in [4.69, 9.17) is 9.47 Å². The fourth-order valence-corrected chi connectivity index (χ4v) is 7.94. The molecule has 0 radical (unpaired) electrons. The van der Waals surface area contributed by atoms with Crippen LogP contribution < -0.4 is 0 Å². The largest absolute Gasteiger partial charge is 0.466 e. The maximum absolute atomic E-state index is 12.7. The van der Waals surface area contributed by atoms with Gasteiger partial charge in [-0.1, -0.05) is 220 Å². The quantitative estimate of drug-likeness (QED) is 0.0451. The molecule has 0 aromatic carbocycles. The molecule has 0 aromatic rings. The Morgan fingerprint density at radius 3 is 0.982 bits per heavy atom. The number of ether oxygens (including phenoxy) is 2. The van der Waals surface area contributed by atoms with Crippen molar-refractivity contribution >= 4 is 11.9 Å². The lowest BCUT2D eigenvalue weighted by atomic mass is 10.1. The second kappa shape index (κ2) is 45.9. The Hall–Kier alpha value is -1.14. The van der Waals surface area contributed by atoms with E-state index < -0.39 is 0 Å². The average Bonchev–Trinajstić information content (AvgIpc) is 3.20. The molecule has 0 rings (SSSR count). The zero-order chi connectivity index (χ0) is 41.7. The minimum absolute atomic E-state index is 0.0527. The van der Waals surface area contributed by atoms with E-state index >= 15 is 0 Å². The Morgan fingerprint density at radius 2 is 0.649 bits per heavy atom. The smallest absolute Gasteiger partial charge is 0.307 e. The van der Waals surface area contributed by atoms with Gasteiger partial charge >= 0.3 is 11.9 Å². The summed E-state index contributed by atoms with van der Waals surface area (Å²) >= 11 is 0. The Bertz CT molecular complexity index is 821. The molecule has 0 saturated heterocycles. The highest BCUT2D eigenvalue weighted by atomic mass is 16.5. The third-order valence-electron chi connectivity index (χ3n) is 12.0. The number of carbonyl (C=O) groups excluding carboxylic acids is 2. The maximum Gasteiger partial charge on any atom is 0.307 e. The van der Waals surface area contributed by atoms with Crippen molar-refractivity contribution in [3.63, 3.8) is 0 Å². The summed E-state index contributed by atoms with van der Waals surface area (Å²) in [7, 11) is 0. The molecule has 0 aromatic heterocycles. The molecule has 0 aliphatic rings. The van der Waals surface area contributed by atoms with Crippen LogP contribution in [0.15, 0.2) is 0 Å². The minimum Gasteiger partial charge on any atom is -0.466 e. The molecule has 0 atom stereocenters. The van der Waals surface area contributed by atoms with Gasteiger partial charge < -0.3 is 14.4 Å². The van der Waals surface area contributed by atoms with Crippen molar-refractivity contribution in [3.8, 4) is 0 Å². The molecule has 0 spiro atoms. The second-order valence-corrected chi connectivity index (χ2v) is 17.9. The lowest BCUT2D eigenvalue weighted by molar-refractivity contribution is -0.145. The van der Waals surface area contributed by atoms with E-state index in [1.165, 1.54) is 193 Å². The first kappa shape index (κ1) is 55.9. The van der Waals surface area contributed by atoms with Crippen LogP contribution >= 0.6 is 0 Å². The summed E-state index contributed by atoms with van der Waals surface area (Å²) in [6.07, 6.45) is 45.7. The molecule has 0 saturated carbocycles. The molecule has 0 unspecified atom stereocenters. The predicted molar refractivity (Wildman–Crippen MR) is 248 cm³/mol. The van der Waals surface area contributed by atoms with Gasteiger partial charge in [0.25, 0.3) is 0 Å². The van der Waals surface area contributed by atoms with Gasteiger partial charge in [-0.05, 0) is 39.7 Å². The number of unbranched alkanes of at least 4 members (excludes halogenated alkanes) is 31. The van der Waals surface area contributed by atoms with Crippen molar-refractivity contribution in [2.24, 2.45) is 0 Å². The van der Waals surface area contributed by atoms with E-state index in [0.29, 0.717) is 32.1 Å². The Morgan fingerprint density at radius 1 is 0.351 bits per heavy atom. The van der Waals surface area contributed by atoms with Crippen LogP contribution in [-0.2, 0) is 19.1 Å². The van der Waals surface area contributed by atoms with E-state index in [1.807, 2.05) is 0 Å². The average molecular weight is 807 g/mol. The van der Waals surface area contributed by atoms with E-state index in [9.17, 15) is 9.59 Å². The number of nitrogens with zero attached hydrogens (tertiary/aromatic N) is 2. The van der Waals surface area contributed by atoms with Gasteiger partial charge in [-0.25, -0.2) is 0 Å². The standard InChI is InChI=1S/C51H102N2O4/c1-6-9-12-15-18-21-24-25-28-31-34-37-42-52(43-40-50(54)56-47-38-35-32-29-26-22-19-16-13-10-7-2)45-46-53(49(4)5)44-41-51(55)57-48-39-36-33-30-27-23-20-17-14-11-8-3/h49H,6-48H2,1-5H3. The Kier molecular flexibility index (Phi) is 45.0. The molecule has 0 N–H and O–H groups in total. The first-order valence-electron chi connectivity index (χ1n) is 25.7. The van der Waals surface area contributed by atoms with Gasteiger partial charge in [-0.15, -0.1) is 0 Å². The summed E-state index contributed by atoms with van der Waals surface area (Å²) in [4.78, 5) is 30.2. The highest BCUT2D eigenvalue weighted by molar-refractivity contribution is 5.69. The molecule has 0 bridgehead atoms. The van der Waals surface area contributed by atoms with E-state index in [0.717, 1.165) is 58.4 Å². The van der Waals surface area contributed by atoms with Crippen molar-refractivity contribution in [1.29, 1.82) is 0 Å². The Labute approximate surface area is 357 Å². The molecule has 57 heavy (non-hydrogen) atoms. The lowest BCUT2D eigenvalue weighted by Gasteiger charge is -2.30. The second-order valence-electron chi connectivity index (χ2n) is 17.9. The van der Waals surface area contributed by atoms with Gasteiger partial charge in [-0.3, -0.25) is 14.5 Å². The number of hydrogen-bond acceptors (Lipinski definition) is 6. The SMILES string of the molecule is CCCCCCCCCCCCCCN(CCC(=O)OCCCCCCCCCCCCC)CCN(CCC(=O)OCCCCCCCCCCCCC)C(C)C. The summed E-state index contributed by atoms with van der Waals surface area (Å²) < 4.78 is 11.3. The van der Waals surface area contributed by atoms with Crippen LogP contribution in [0.5, 0.6) is 0 Å². The van der Waals surface area contributed by atoms with E-state index in [-0.39, 0.29) is 11.9 Å². The Balaban J connectivity index is 4.48. The zero-order valence-corrected chi connectivity index (χ0v) is 39.5. The van der Waals surface area contributed by atoms with Crippen LogP contribution in [0.2, 0.25) is 0 Å². The van der Waals surface area contributed by atoms with Crippen LogP contribution in [0.1, 0.15) is 266 Å². The molecule has 0 aliphatic heterocycles. The molecular formula is C51H102N2O4. The summed E-state index contributed by atoms with van der Waals surface area (Å²) in [5.74, 6) is -0.121. The van der Waals surface area contributed by atoms with Crippen LogP contribution in [-0.4, -0.2) is 73.7 Å². The van der Waals surface area contributed by atoms with E-state index in [2.05, 4.69) is 44.4 Å². The van der Waals surface area contributed by atoms with E-state index in [1.54, 1.807) is 0 Å². The lowest BCUT2D eigenvalue weighted by Crippen LogP contribution is -2.41. The van der Waals surface area contributed by atoms with Crippen molar-refractivity contribution in [3.05, 3.63) is 0 Å². The predicted octanol–water partition coefficient (Wildman–Crippen LogP) is 15.2. The summed E-state index contributed by atoms with van der Waals surface area (Å²) in [6.45, 7) is 16.7. The molecular weight excluding hydrogens is 705 g/mol. The van der Waals surface area contributed by atoms with Crippen molar-refractivity contribution in [1.82, 2.24) is 9.80 Å². The number of carbonyl (C=O) groups is 2. The molecule has 6 heteroatoms. The highest BCUT2D eigenvalue weighted by Gasteiger charge is 2.16. The van der Waals surface area contributed by atoms with Gasteiger partial charge in [0.1, 0.15) is 0 Å². The normalized spacial score (nSPS) is 11.7. The summed E-state index contributed by atoms with van der Waals surface area (Å²) in [5, 5.41) is 0. The summed E-state index contributed by atoms with van der Waals surface area (Å²) in [5.41, 5.74) is 0. The van der Waals surface area contributed by atoms with Crippen LogP contribution in [0.3, 0.4) is 0 Å². The number of esters is 2. The van der Waals surface area contributed by atoms with Crippen molar-refractivity contribution in [2.75, 3.05) is 45.9 Å². The molecule has 0 amide bonds. The highest BCUT2D eigenvalue weighted by Crippen LogP contribution is 2.15. The third kappa shape index (κ3) is 42.8. The number of hydrogen-bond donors (Lipinski definition) is 0. The zero-order valence-electron chi connectivity index (χ0n) is 39.5.